The number of benzene rings is 2. The minimum atomic E-state index is -0.584. The van der Waals surface area contributed by atoms with Gasteiger partial charge in [0, 0.05) is 21.0 Å². The molecule has 1 aliphatic rings. The Bertz CT molecular complexity index is 1200. The monoisotopic (exact) mass is 431 g/mol. The van der Waals surface area contributed by atoms with E-state index in [1.54, 1.807) is 42.5 Å². The van der Waals surface area contributed by atoms with Crippen LogP contribution in [-0.4, -0.2) is 16.0 Å². The van der Waals surface area contributed by atoms with Crippen LogP contribution in [-0.2, 0) is 11.3 Å². The van der Waals surface area contributed by atoms with E-state index in [1.165, 1.54) is 6.08 Å². The van der Waals surface area contributed by atoms with Crippen LogP contribution in [0.2, 0.25) is 10.0 Å². The summed E-state index contributed by atoms with van der Waals surface area (Å²) < 4.78 is 5.26. The fraction of sp³-hybridized carbons (Fsp3) is 0.0500. The van der Waals surface area contributed by atoms with E-state index in [1.807, 2.05) is 6.07 Å². The Morgan fingerprint density at radius 1 is 1.00 bits per heavy atom. The third kappa shape index (κ3) is 3.46. The molecule has 0 bridgehead atoms. The Hall–Kier alpha value is -2.54. The predicted molar refractivity (Wildman–Crippen MR) is 110 cm³/mol. The molecule has 1 saturated heterocycles. The topological polar surface area (TPSA) is 67.6 Å². The summed E-state index contributed by atoms with van der Waals surface area (Å²) in [5.41, 5.74) is 0.547. The molecule has 2 aromatic carbocycles. The molecule has 0 radical (unpaired) electrons. The lowest BCUT2D eigenvalue weighted by atomic mass is 10.1. The van der Waals surface area contributed by atoms with E-state index < -0.39 is 16.8 Å². The van der Waals surface area contributed by atoms with Crippen LogP contribution in [0.4, 0.5) is 4.79 Å². The van der Waals surface area contributed by atoms with Crippen LogP contribution in [0, 0.1) is 0 Å². The molecule has 5 nitrogen and oxygen atoms in total. The van der Waals surface area contributed by atoms with Crippen molar-refractivity contribution >= 4 is 63.2 Å². The number of rotatable bonds is 3. The molecule has 4 rings (SSSR count). The molecule has 2 heterocycles. The van der Waals surface area contributed by atoms with Gasteiger partial charge in [-0.3, -0.25) is 14.5 Å². The number of fused-ring (bicyclic) bond motifs is 1. The first-order valence-corrected chi connectivity index (χ1v) is 9.72. The normalized spacial score (nSPS) is 15.8. The summed E-state index contributed by atoms with van der Waals surface area (Å²) in [6.07, 6.45) is 1.37. The minimum absolute atomic E-state index is 0.0488. The summed E-state index contributed by atoms with van der Waals surface area (Å²) >= 11 is 13.0. The molecule has 0 saturated carbocycles. The quantitative estimate of drug-likeness (QED) is 0.413. The van der Waals surface area contributed by atoms with E-state index in [0.29, 0.717) is 21.2 Å². The van der Waals surface area contributed by atoms with Gasteiger partial charge in [0.05, 0.1) is 17.0 Å². The maximum absolute atomic E-state index is 12.7. The standard InChI is InChI=1S/C20H11Cl2NO4S/c21-14-5-3-6-15(22)13(14)10-23-18(24)17(28-20(23)26)9-12-8-11-4-1-2-7-16(11)27-19(12)25/h1-9H,10H2/b17-9+. The molecule has 0 N–H and O–H groups in total. The van der Waals surface area contributed by atoms with Gasteiger partial charge in [-0.05, 0) is 42.1 Å². The molecule has 8 heteroatoms. The van der Waals surface area contributed by atoms with Crippen molar-refractivity contribution in [3.05, 3.63) is 85.0 Å². The molecule has 0 aliphatic carbocycles. The molecule has 2 amide bonds. The number of halogens is 2. The zero-order valence-electron chi connectivity index (χ0n) is 14.1. The number of para-hydroxylation sites is 1. The third-order valence-electron chi connectivity index (χ3n) is 4.21. The molecule has 1 aromatic heterocycles. The molecule has 28 heavy (non-hydrogen) atoms. The largest absolute Gasteiger partial charge is 0.422 e. The van der Waals surface area contributed by atoms with Crippen LogP contribution in [0.5, 0.6) is 0 Å². The molecule has 0 unspecified atom stereocenters. The number of imide groups is 1. The Balaban J connectivity index is 1.67. The highest BCUT2D eigenvalue weighted by atomic mass is 35.5. The van der Waals surface area contributed by atoms with Crippen LogP contribution in [0.3, 0.4) is 0 Å². The van der Waals surface area contributed by atoms with Gasteiger partial charge in [-0.25, -0.2) is 4.79 Å². The fourth-order valence-electron chi connectivity index (χ4n) is 2.80. The second kappa shape index (κ2) is 7.47. The summed E-state index contributed by atoms with van der Waals surface area (Å²) in [6.45, 7) is -0.0488. The highest BCUT2D eigenvalue weighted by Crippen LogP contribution is 2.35. The lowest BCUT2D eigenvalue weighted by Crippen LogP contribution is -2.27. The van der Waals surface area contributed by atoms with Crippen molar-refractivity contribution in [2.45, 2.75) is 6.54 Å². The zero-order chi connectivity index (χ0) is 19.8. The van der Waals surface area contributed by atoms with Gasteiger partial charge >= 0.3 is 5.63 Å². The first-order valence-electron chi connectivity index (χ1n) is 8.15. The average molecular weight is 432 g/mol. The molecule has 1 aliphatic heterocycles. The van der Waals surface area contributed by atoms with Crippen molar-refractivity contribution in [1.29, 1.82) is 0 Å². The lowest BCUT2D eigenvalue weighted by Gasteiger charge is -2.14. The maximum atomic E-state index is 12.7. The molecular formula is C20H11Cl2NO4S. The van der Waals surface area contributed by atoms with Gasteiger partial charge < -0.3 is 4.42 Å². The van der Waals surface area contributed by atoms with Gasteiger partial charge in [-0.2, -0.15) is 0 Å². The van der Waals surface area contributed by atoms with Gasteiger partial charge in [0.25, 0.3) is 11.1 Å². The molecule has 140 valence electrons. The van der Waals surface area contributed by atoms with Crippen molar-refractivity contribution in [1.82, 2.24) is 4.90 Å². The van der Waals surface area contributed by atoms with Crippen molar-refractivity contribution in [2.24, 2.45) is 0 Å². The highest BCUT2D eigenvalue weighted by molar-refractivity contribution is 8.18. The predicted octanol–water partition coefficient (Wildman–Crippen LogP) is 5.34. The van der Waals surface area contributed by atoms with Gasteiger partial charge in [0.15, 0.2) is 0 Å². The summed E-state index contributed by atoms with van der Waals surface area (Å²) in [5.74, 6) is -0.515. The lowest BCUT2D eigenvalue weighted by molar-refractivity contribution is -0.123. The van der Waals surface area contributed by atoms with E-state index in [4.69, 9.17) is 27.6 Å². The maximum Gasteiger partial charge on any atom is 0.343 e. The molecule has 1 fully saturated rings. The smallest absolute Gasteiger partial charge is 0.343 e. The Labute approximate surface area is 173 Å². The Morgan fingerprint density at radius 2 is 1.71 bits per heavy atom. The number of hydrogen-bond acceptors (Lipinski definition) is 5. The minimum Gasteiger partial charge on any atom is -0.422 e. The Morgan fingerprint density at radius 3 is 2.46 bits per heavy atom. The van der Waals surface area contributed by atoms with Gasteiger partial charge in [-0.15, -0.1) is 0 Å². The van der Waals surface area contributed by atoms with E-state index >= 15 is 0 Å². The van der Waals surface area contributed by atoms with Gasteiger partial charge in [-0.1, -0.05) is 47.5 Å². The van der Waals surface area contributed by atoms with E-state index in [-0.39, 0.29) is 17.0 Å². The van der Waals surface area contributed by atoms with E-state index in [0.717, 1.165) is 22.0 Å². The molecule has 0 spiro atoms. The van der Waals surface area contributed by atoms with Gasteiger partial charge in [0.1, 0.15) is 5.58 Å². The first kappa shape index (κ1) is 18.8. The number of carbonyl (C=O) groups excluding carboxylic acids is 2. The Kier molecular flexibility index (Phi) is 5.02. The summed E-state index contributed by atoms with van der Waals surface area (Å²) in [4.78, 5) is 38.5. The SMILES string of the molecule is O=C1S/C(=C/c2cc3ccccc3oc2=O)C(=O)N1Cc1c(Cl)cccc1Cl. The summed E-state index contributed by atoms with van der Waals surface area (Å²) in [5, 5.41) is 0.990. The number of hydrogen-bond donors (Lipinski definition) is 0. The number of carbonyl (C=O) groups is 2. The van der Waals surface area contributed by atoms with Crippen LogP contribution in [0.1, 0.15) is 11.1 Å². The van der Waals surface area contributed by atoms with Crippen molar-refractivity contribution in [3.8, 4) is 0 Å². The fourth-order valence-corrected chi connectivity index (χ4v) is 4.14. The van der Waals surface area contributed by atoms with Crippen LogP contribution in [0.15, 0.2) is 62.6 Å². The van der Waals surface area contributed by atoms with Crippen LogP contribution < -0.4 is 5.63 Å². The molecular weight excluding hydrogens is 421 g/mol. The van der Waals surface area contributed by atoms with E-state index in [9.17, 15) is 14.4 Å². The van der Waals surface area contributed by atoms with Gasteiger partial charge in [0.2, 0.25) is 0 Å². The summed E-state index contributed by atoms with van der Waals surface area (Å²) in [7, 11) is 0. The average Bonchev–Trinajstić information content (AvgIpc) is 2.92. The number of thioether (sulfide) groups is 1. The molecule has 3 aromatic rings. The zero-order valence-corrected chi connectivity index (χ0v) is 16.5. The van der Waals surface area contributed by atoms with Crippen molar-refractivity contribution in [3.63, 3.8) is 0 Å². The third-order valence-corrected chi connectivity index (χ3v) is 5.82. The van der Waals surface area contributed by atoms with Crippen LogP contribution >= 0.6 is 35.0 Å². The second-order valence-electron chi connectivity index (χ2n) is 6.00. The number of amides is 2. The second-order valence-corrected chi connectivity index (χ2v) is 7.80. The highest BCUT2D eigenvalue weighted by Gasteiger charge is 2.36. The molecule has 0 atom stereocenters. The van der Waals surface area contributed by atoms with Crippen molar-refractivity contribution in [2.75, 3.05) is 0 Å². The first-order chi connectivity index (χ1) is 13.4. The van der Waals surface area contributed by atoms with Crippen LogP contribution in [0.25, 0.3) is 17.0 Å². The number of nitrogens with zero attached hydrogens (tertiary/aromatic N) is 1. The van der Waals surface area contributed by atoms with Crippen molar-refractivity contribution < 1.29 is 14.0 Å². The summed E-state index contributed by atoms with van der Waals surface area (Å²) in [6, 6.07) is 13.6. The van der Waals surface area contributed by atoms with E-state index in [2.05, 4.69) is 0 Å².